The largest absolute Gasteiger partial charge is 0.326 e. The van der Waals surface area contributed by atoms with Crippen molar-refractivity contribution in [3.05, 3.63) is 24.3 Å². The van der Waals surface area contributed by atoms with E-state index in [0.717, 1.165) is 50.1 Å². The van der Waals surface area contributed by atoms with E-state index in [0.29, 0.717) is 12.3 Å². The summed E-state index contributed by atoms with van der Waals surface area (Å²) in [6.45, 7) is 2.00. The van der Waals surface area contributed by atoms with Gasteiger partial charge < -0.3 is 16.0 Å². The number of benzene rings is 1. The molecule has 5 heteroatoms. The number of rotatable bonds is 5. The van der Waals surface area contributed by atoms with Crippen molar-refractivity contribution in [3.8, 4) is 0 Å². The van der Waals surface area contributed by atoms with Crippen molar-refractivity contribution in [2.45, 2.75) is 32.1 Å². The lowest BCUT2D eigenvalue weighted by Gasteiger charge is -2.22. The topological polar surface area (TPSA) is 70.2 Å². The summed E-state index contributed by atoms with van der Waals surface area (Å²) >= 11 is 0. The standard InChI is InChI=1S/C17H23N3O2/c21-16(10-12-6-8-18-9-7-12)19-14-2-1-3-15(11-14)20-17(22)13-4-5-13/h1-3,11-13,18H,4-10H2,(H,19,21)(H,20,22). The molecule has 1 heterocycles. The monoisotopic (exact) mass is 301 g/mol. The highest BCUT2D eigenvalue weighted by atomic mass is 16.2. The zero-order valence-corrected chi connectivity index (χ0v) is 12.7. The first-order valence-corrected chi connectivity index (χ1v) is 8.12. The third kappa shape index (κ3) is 4.31. The molecule has 2 aliphatic rings. The SMILES string of the molecule is O=C(CC1CCNCC1)Nc1cccc(NC(=O)C2CC2)c1. The Morgan fingerprint density at radius 3 is 2.41 bits per heavy atom. The summed E-state index contributed by atoms with van der Waals surface area (Å²) in [5.41, 5.74) is 1.49. The first-order chi connectivity index (χ1) is 10.7. The van der Waals surface area contributed by atoms with Gasteiger partial charge in [0.2, 0.25) is 11.8 Å². The summed E-state index contributed by atoms with van der Waals surface area (Å²) in [4.78, 5) is 23.9. The van der Waals surface area contributed by atoms with Crippen molar-refractivity contribution in [2.24, 2.45) is 11.8 Å². The summed E-state index contributed by atoms with van der Waals surface area (Å²) in [5, 5.41) is 9.14. The fraction of sp³-hybridized carbons (Fsp3) is 0.529. The Morgan fingerprint density at radius 1 is 1.05 bits per heavy atom. The zero-order valence-electron chi connectivity index (χ0n) is 12.7. The van der Waals surface area contributed by atoms with Gasteiger partial charge in [-0.1, -0.05) is 6.07 Å². The van der Waals surface area contributed by atoms with Gasteiger partial charge in [0.25, 0.3) is 0 Å². The van der Waals surface area contributed by atoms with E-state index in [9.17, 15) is 9.59 Å². The second-order valence-electron chi connectivity index (χ2n) is 6.29. The Hall–Kier alpha value is -1.88. The Balaban J connectivity index is 1.52. The summed E-state index contributed by atoms with van der Waals surface area (Å²) in [5.74, 6) is 0.785. The van der Waals surface area contributed by atoms with Gasteiger partial charge in [0.05, 0.1) is 0 Å². The summed E-state index contributed by atoms with van der Waals surface area (Å²) < 4.78 is 0. The third-order valence-electron chi connectivity index (χ3n) is 4.29. The van der Waals surface area contributed by atoms with Gasteiger partial charge in [0, 0.05) is 23.7 Å². The maximum absolute atomic E-state index is 12.1. The highest BCUT2D eigenvalue weighted by molar-refractivity contribution is 5.95. The van der Waals surface area contributed by atoms with Crippen molar-refractivity contribution in [2.75, 3.05) is 23.7 Å². The summed E-state index contributed by atoms with van der Waals surface area (Å²) in [6.07, 6.45) is 4.66. The van der Waals surface area contributed by atoms with Crippen molar-refractivity contribution in [1.82, 2.24) is 5.32 Å². The number of carbonyl (C=O) groups excluding carboxylic acids is 2. The van der Waals surface area contributed by atoms with Crippen LogP contribution in [0.3, 0.4) is 0 Å². The van der Waals surface area contributed by atoms with Crippen molar-refractivity contribution in [1.29, 1.82) is 0 Å². The number of hydrogen-bond donors (Lipinski definition) is 3. The van der Waals surface area contributed by atoms with E-state index in [1.807, 2.05) is 24.3 Å². The van der Waals surface area contributed by atoms with E-state index in [1.54, 1.807) is 0 Å². The number of nitrogens with one attached hydrogen (secondary N) is 3. The van der Waals surface area contributed by atoms with Gasteiger partial charge in [-0.3, -0.25) is 9.59 Å². The Bertz CT molecular complexity index is 549. The molecule has 0 atom stereocenters. The Labute approximate surface area is 130 Å². The number of piperidine rings is 1. The van der Waals surface area contributed by atoms with Gasteiger partial charge in [0.1, 0.15) is 0 Å². The number of hydrogen-bond acceptors (Lipinski definition) is 3. The molecular formula is C17H23N3O2. The molecule has 118 valence electrons. The summed E-state index contributed by atoms with van der Waals surface area (Å²) in [6, 6.07) is 7.37. The molecule has 1 aromatic carbocycles. The lowest BCUT2D eigenvalue weighted by Crippen LogP contribution is -2.30. The normalized spacial score (nSPS) is 18.7. The molecule has 1 saturated heterocycles. The van der Waals surface area contributed by atoms with Crippen LogP contribution in [0.4, 0.5) is 11.4 Å². The second-order valence-corrected chi connectivity index (χ2v) is 6.29. The van der Waals surface area contributed by atoms with E-state index >= 15 is 0 Å². The molecule has 0 radical (unpaired) electrons. The zero-order chi connectivity index (χ0) is 15.4. The Kier molecular flexibility index (Phi) is 4.73. The predicted molar refractivity (Wildman–Crippen MR) is 86.6 cm³/mol. The van der Waals surface area contributed by atoms with E-state index in [-0.39, 0.29) is 17.7 Å². The lowest BCUT2D eigenvalue weighted by molar-refractivity contribution is -0.118. The maximum Gasteiger partial charge on any atom is 0.227 e. The molecule has 0 spiro atoms. The molecule has 3 N–H and O–H groups in total. The van der Waals surface area contributed by atoms with Gasteiger partial charge in [-0.05, 0) is 62.9 Å². The average molecular weight is 301 g/mol. The molecule has 2 amide bonds. The molecule has 2 fully saturated rings. The first kappa shape index (κ1) is 15.0. The molecule has 1 aliphatic carbocycles. The van der Waals surface area contributed by atoms with E-state index in [2.05, 4.69) is 16.0 Å². The van der Waals surface area contributed by atoms with Gasteiger partial charge in [-0.15, -0.1) is 0 Å². The van der Waals surface area contributed by atoms with Gasteiger partial charge >= 0.3 is 0 Å². The van der Waals surface area contributed by atoms with Crippen LogP contribution in [0.2, 0.25) is 0 Å². The van der Waals surface area contributed by atoms with Gasteiger partial charge in [-0.25, -0.2) is 0 Å². The molecule has 0 aromatic heterocycles. The van der Waals surface area contributed by atoms with Gasteiger partial charge in [0.15, 0.2) is 0 Å². The number of anilines is 2. The molecule has 5 nitrogen and oxygen atoms in total. The van der Waals surface area contributed by atoms with Crippen LogP contribution < -0.4 is 16.0 Å². The molecule has 1 aliphatic heterocycles. The minimum absolute atomic E-state index is 0.0533. The summed E-state index contributed by atoms with van der Waals surface area (Å²) in [7, 11) is 0. The molecule has 3 rings (SSSR count). The molecule has 1 saturated carbocycles. The number of amides is 2. The average Bonchev–Trinajstić information content (AvgIpc) is 3.33. The molecular weight excluding hydrogens is 278 g/mol. The van der Waals surface area contributed by atoms with Crippen molar-refractivity contribution < 1.29 is 9.59 Å². The van der Waals surface area contributed by atoms with E-state index in [4.69, 9.17) is 0 Å². The fourth-order valence-electron chi connectivity index (χ4n) is 2.82. The van der Waals surface area contributed by atoms with Crippen LogP contribution in [0.15, 0.2) is 24.3 Å². The molecule has 0 bridgehead atoms. The van der Waals surface area contributed by atoms with Crippen LogP contribution in [0.1, 0.15) is 32.1 Å². The highest BCUT2D eigenvalue weighted by Gasteiger charge is 2.29. The predicted octanol–water partition coefficient (Wildman–Crippen LogP) is 2.36. The minimum atomic E-state index is 0.0533. The highest BCUT2D eigenvalue weighted by Crippen LogP contribution is 2.30. The quantitative estimate of drug-likeness (QED) is 0.782. The van der Waals surface area contributed by atoms with Crippen LogP contribution in [-0.4, -0.2) is 24.9 Å². The second kappa shape index (κ2) is 6.92. The number of carbonyl (C=O) groups is 2. The van der Waals surface area contributed by atoms with Crippen LogP contribution in [0.5, 0.6) is 0 Å². The minimum Gasteiger partial charge on any atom is -0.326 e. The van der Waals surface area contributed by atoms with Crippen molar-refractivity contribution >= 4 is 23.2 Å². The van der Waals surface area contributed by atoms with Crippen molar-refractivity contribution in [3.63, 3.8) is 0 Å². The third-order valence-corrected chi connectivity index (χ3v) is 4.29. The van der Waals surface area contributed by atoms with Crippen LogP contribution >= 0.6 is 0 Å². The molecule has 22 heavy (non-hydrogen) atoms. The van der Waals surface area contributed by atoms with Crippen LogP contribution in [0, 0.1) is 11.8 Å². The van der Waals surface area contributed by atoms with Crippen LogP contribution in [-0.2, 0) is 9.59 Å². The lowest BCUT2D eigenvalue weighted by atomic mass is 9.94. The van der Waals surface area contributed by atoms with Gasteiger partial charge in [-0.2, -0.15) is 0 Å². The maximum atomic E-state index is 12.1. The fourth-order valence-corrected chi connectivity index (χ4v) is 2.82. The molecule has 1 aromatic rings. The van der Waals surface area contributed by atoms with E-state index in [1.165, 1.54) is 0 Å². The molecule has 0 unspecified atom stereocenters. The smallest absolute Gasteiger partial charge is 0.227 e. The van der Waals surface area contributed by atoms with E-state index < -0.39 is 0 Å². The van der Waals surface area contributed by atoms with Crippen LogP contribution in [0.25, 0.3) is 0 Å². The Morgan fingerprint density at radius 2 is 1.73 bits per heavy atom. The first-order valence-electron chi connectivity index (χ1n) is 8.12.